The van der Waals surface area contributed by atoms with Gasteiger partial charge in [-0.1, -0.05) is 23.7 Å². The molecule has 0 bridgehead atoms. The lowest BCUT2D eigenvalue weighted by Gasteiger charge is -2.31. The zero-order valence-corrected chi connectivity index (χ0v) is 22.8. The second kappa shape index (κ2) is 10.7. The van der Waals surface area contributed by atoms with Crippen LogP contribution in [-0.2, 0) is 4.74 Å². The number of pyridine rings is 1. The number of rotatable bonds is 6. The van der Waals surface area contributed by atoms with E-state index >= 15 is 0 Å². The fourth-order valence-corrected chi connectivity index (χ4v) is 5.12. The summed E-state index contributed by atoms with van der Waals surface area (Å²) in [6.45, 7) is 6.35. The third-order valence-electron chi connectivity index (χ3n) is 7.37. The van der Waals surface area contributed by atoms with Gasteiger partial charge in [-0.2, -0.15) is 0 Å². The van der Waals surface area contributed by atoms with Crippen LogP contribution in [0.2, 0.25) is 5.15 Å². The number of aryl methyl sites for hydroxylation is 1. The summed E-state index contributed by atoms with van der Waals surface area (Å²) in [6.07, 6.45) is 5.10. The van der Waals surface area contributed by atoms with E-state index in [1.807, 2.05) is 26.0 Å². The van der Waals surface area contributed by atoms with Crippen LogP contribution in [0.4, 0.5) is 10.5 Å². The van der Waals surface area contributed by atoms with Gasteiger partial charge >= 0.3 is 12.1 Å². The van der Waals surface area contributed by atoms with Crippen molar-refractivity contribution in [2.75, 3.05) is 18.4 Å². The van der Waals surface area contributed by atoms with E-state index in [-0.39, 0.29) is 28.5 Å². The van der Waals surface area contributed by atoms with E-state index in [9.17, 15) is 19.5 Å². The molecule has 10 heteroatoms. The van der Waals surface area contributed by atoms with Gasteiger partial charge in [0.15, 0.2) is 11.1 Å². The number of ether oxygens (including phenoxy) is 1. The topological polar surface area (TPSA) is 122 Å². The molecule has 0 unspecified atom stereocenters. The molecule has 0 saturated heterocycles. The molecule has 0 radical (unpaired) electrons. The Hall–Kier alpha value is -3.85. The largest absolute Gasteiger partial charge is 0.476 e. The minimum atomic E-state index is -1.21. The molecule has 3 heterocycles. The fourth-order valence-electron chi connectivity index (χ4n) is 4.97. The number of carboxylic acid groups (broad SMARTS) is 1. The molecule has 9 nitrogen and oxygen atoms in total. The van der Waals surface area contributed by atoms with Crippen molar-refractivity contribution >= 4 is 45.9 Å². The summed E-state index contributed by atoms with van der Waals surface area (Å²) in [5.74, 6) is -0.711. The Morgan fingerprint density at radius 2 is 2.03 bits per heavy atom. The number of hydrogen-bond acceptors (Lipinski definition) is 7. The molecule has 1 fully saturated rings. The number of nitrogens with zero attached hydrogens (tertiary/aromatic N) is 2. The SMILES string of the molecule is Cc1cc([C@@H](C)Nc2ccc(Cl)nc2C(=O)O)c2oc(C3=CCN(C(=O)OC4CCC4)CC3)c(C)c(=O)c2c1. The van der Waals surface area contributed by atoms with Gasteiger partial charge in [-0.3, -0.25) is 4.79 Å². The molecular weight excluding hydrogens is 522 g/mol. The maximum Gasteiger partial charge on any atom is 0.410 e. The number of halogens is 1. The van der Waals surface area contributed by atoms with Crippen LogP contribution in [0.25, 0.3) is 16.5 Å². The molecule has 39 heavy (non-hydrogen) atoms. The molecule has 204 valence electrons. The van der Waals surface area contributed by atoms with E-state index in [0.29, 0.717) is 53.1 Å². The zero-order chi connectivity index (χ0) is 27.8. The predicted octanol–water partition coefficient (Wildman–Crippen LogP) is 6.11. The molecule has 1 aromatic carbocycles. The summed E-state index contributed by atoms with van der Waals surface area (Å²) >= 11 is 5.91. The van der Waals surface area contributed by atoms with Gasteiger partial charge in [-0.05, 0) is 75.8 Å². The smallest absolute Gasteiger partial charge is 0.410 e. The quantitative estimate of drug-likeness (QED) is 0.352. The molecule has 5 rings (SSSR count). The number of hydrogen-bond donors (Lipinski definition) is 2. The Labute approximate surface area is 230 Å². The molecule has 1 aliphatic carbocycles. The first kappa shape index (κ1) is 26.7. The minimum Gasteiger partial charge on any atom is -0.476 e. The lowest BCUT2D eigenvalue weighted by molar-refractivity contribution is 0.0287. The first-order valence-electron chi connectivity index (χ1n) is 13.0. The first-order chi connectivity index (χ1) is 18.6. The maximum absolute atomic E-state index is 13.5. The van der Waals surface area contributed by atoms with Gasteiger partial charge in [0.1, 0.15) is 22.6 Å². The number of benzene rings is 1. The van der Waals surface area contributed by atoms with E-state index in [4.69, 9.17) is 20.8 Å². The number of amides is 1. The Balaban J connectivity index is 1.49. The van der Waals surface area contributed by atoms with E-state index in [2.05, 4.69) is 10.3 Å². The van der Waals surface area contributed by atoms with Crippen molar-refractivity contribution in [3.63, 3.8) is 0 Å². The third-order valence-corrected chi connectivity index (χ3v) is 7.58. The minimum absolute atomic E-state index is 0.0244. The summed E-state index contributed by atoms with van der Waals surface area (Å²) in [4.78, 5) is 43.3. The Bertz CT molecular complexity index is 1560. The average molecular weight is 552 g/mol. The highest BCUT2D eigenvalue weighted by atomic mass is 35.5. The number of aromatic carboxylic acids is 1. The highest BCUT2D eigenvalue weighted by Gasteiger charge is 2.28. The standard InChI is InChI=1S/C29H30ClN3O6/c1-15-13-20(17(3)31-22-7-8-23(30)32-24(22)28(35)36)27-21(14-15)25(34)16(2)26(39-27)18-9-11-33(12-10-18)29(37)38-19-5-4-6-19/h7-9,13-14,17,19,31H,4-6,10-12H2,1-3H3,(H,35,36)/t17-/m1/s1. The molecule has 3 aromatic rings. The number of carboxylic acids is 1. The molecule has 1 aliphatic heterocycles. The molecular formula is C29H30ClN3O6. The van der Waals surface area contributed by atoms with Crippen LogP contribution < -0.4 is 10.7 Å². The highest BCUT2D eigenvalue weighted by Crippen LogP contribution is 2.33. The average Bonchev–Trinajstić information content (AvgIpc) is 2.89. The second-order valence-corrected chi connectivity index (χ2v) is 10.6. The van der Waals surface area contributed by atoms with Gasteiger partial charge in [0, 0.05) is 24.2 Å². The number of anilines is 1. The second-order valence-electron chi connectivity index (χ2n) is 10.2. The van der Waals surface area contributed by atoms with E-state index in [0.717, 1.165) is 30.4 Å². The van der Waals surface area contributed by atoms with Crippen molar-refractivity contribution in [2.45, 2.75) is 58.6 Å². The van der Waals surface area contributed by atoms with Crippen molar-refractivity contribution in [2.24, 2.45) is 0 Å². The molecule has 1 saturated carbocycles. The van der Waals surface area contributed by atoms with E-state index in [1.165, 1.54) is 6.07 Å². The number of aromatic nitrogens is 1. The summed E-state index contributed by atoms with van der Waals surface area (Å²) < 4.78 is 12.0. The van der Waals surface area contributed by atoms with Crippen LogP contribution >= 0.6 is 11.6 Å². The normalized spacial score (nSPS) is 16.4. The third kappa shape index (κ3) is 5.36. The van der Waals surface area contributed by atoms with Gasteiger partial charge in [0.05, 0.1) is 17.1 Å². The fraction of sp³-hybridized carbons (Fsp3) is 0.379. The Morgan fingerprint density at radius 1 is 1.26 bits per heavy atom. The predicted molar refractivity (Wildman–Crippen MR) is 148 cm³/mol. The molecule has 2 aliphatic rings. The molecule has 0 spiro atoms. The Morgan fingerprint density at radius 3 is 2.67 bits per heavy atom. The lowest BCUT2D eigenvalue weighted by atomic mass is 9.96. The Kier molecular flexibility index (Phi) is 7.36. The first-order valence-corrected chi connectivity index (χ1v) is 13.4. The van der Waals surface area contributed by atoms with E-state index < -0.39 is 12.0 Å². The summed E-state index contributed by atoms with van der Waals surface area (Å²) in [5, 5.41) is 13.3. The van der Waals surface area contributed by atoms with Gasteiger partial charge in [-0.25, -0.2) is 14.6 Å². The van der Waals surface area contributed by atoms with Crippen molar-refractivity contribution in [1.82, 2.24) is 9.88 Å². The van der Waals surface area contributed by atoms with Crippen LogP contribution in [0.15, 0.2) is 39.6 Å². The van der Waals surface area contributed by atoms with Crippen LogP contribution in [0.1, 0.15) is 71.6 Å². The van der Waals surface area contributed by atoms with Crippen molar-refractivity contribution in [3.05, 3.63) is 73.9 Å². The van der Waals surface area contributed by atoms with Gasteiger partial charge in [0.25, 0.3) is 0 Å². The molecule has 1 amide bonds. The van der Waals surface area contributed by atoms with Crippen LogP contribution in [0, 0.1) is 13.8 Å². The summed E-state index contributed by atoms with van der Waals surface area (Å²) in [6, 6.07) is 6.37. The monoisotopic (exact) mass is 551 g/mol. The van der Waals surface area contributed by atoms with Gasteiger partial charge < -0.3 is 24.5 Å². The molecule has 2 aromatic heterocycles. The summed E-state index contributed by atoms with van der Waals surface area (Å²) in [5.41, 5.74) is 3.35. The zero-order valence-electron chi connectivity index (χ0n) is 22.0. The van der Waals surface area contributed by atoms with E-state index in [1.54, 1.807) is 24.0 Å². The molecule has 2 N–H and O–H groups in total. The molecule has 1 atom stereocenters. The highest BCUT2D eigenvalue weighted by molar-refractivity contribution is 6.29. The number of carbonyl (C=O) groups is 2. The van der Waals surface area contributed by atoms with Crippen molar-refractivity contribution < 1.29 is 23.8 Å². The van der Waals surface area contributed by atoms with Crippen LogP contribution in [0.3, 0.4) is 0 Å². The number of carbonyl (C=O) groups excluding carboxylic acids is 1. The summed E-state index contributed by atoms with van der Waals surface area (Å²) in [7, 11) is 0. The van der Waals surface area contributed by atoms with Gasteiger partial charge in [-0.15, -0.1) is 0 Å². The van der Waals surface area contributed by atoms with Crippen molar-refractivity contribution in [1.29, 1.82) is 0 Å². The van der Waals surface area contributed by atoms with Crippen molar-refractivity contribution in [3.8, 4) is 0 Å². The number of fused-ring (bicyclic) bond motifs is 1. The lowest BCUT2D eigenvalue weighted by Crippen LogP contribution is -2.38. The van der Waals surface area contributed by atoms with Crippen LogP contribution in [0.5, 0.6) is 0 Å². The maximum atomic E-state index is 13.5. The van der Waals surface area contributed by atoms with Gasteiger partial charge in [0.2, 0.25) is 0 Å². The number of nitrogens with one attached hydrogen (secondary N) is 1. The van der Waals surface area contributed by atoms with Crippen LogP contribution in [-0.4, -0.2) is 46.2 Å².